The summed E-state index contributed by atoms with van der Waals surface area (Å²) < 4.78 is 19.1. The SMILES string of the molecule is CC(C)(C)NCc1cc(F)ccc1OCC1CC1. The first-order chi connectivity index (χ1) is 8.44. The van der Waals surface area contributed by atoms with E-state index in [1.807, 2.05) is 0 Å². The van der Waals surface area contributed by atoms with Crippen LogP contribution in [0.4, 0.5) is 4.39 Å². The molecule has 0 amide bonds. The summed E-state index contributed by atoms with van der Waals surface area (Å²) in [5, 5.41) is 3.36. The van der Waals surface area contributed by atoms with Crippen LogP contribution in [-0.2, 0) is 6.54 Å². The molecule has 0 unspecified atom stereocenters. The van der Waals surface area contributed by atoms with Crippen molar-refractivity contribution in [3.05, 3.63) is 29.6 Å². The van der Waals surface area contributed by atoms with Crippen molar-refractivity contribution in [3.8, 4) is 5.75 Å². The summed E-state index contributed by atoms with van der Waals surface area (Å²) in [7, 11) is 0. The molecule has 3 heteroatoms. The van der Waals surface area contributed by atoms with E-state index in [2.05, 4.69) is 26.1 Å². The number of nitrogens with one attached hydrogen (secondary N) is 1. The van der Waals surface area contributed by atoms with E-state index in [4.69, 9.17) is 4.74 Å². The summed E-state index contributed by atoms with van der Waals surface area (Å²) in [5.41, 5.74) is 0.908. The fourth-order valence-corrected chi connectivity index (χ4v) is 1.68. The third kappa shape index (κ3) is 4.30. The van der Waals surface area contributed by atoms with E-state index >= 15 is 0 Å². The van der Waals surface area contributed by atoms with Gasteiger partial charge < -0.3 is 10.1 Å². The molecule has 2 nitrogen and oxygen atoms in total. The van der Waals surface area contributed by atoms with E-state index in [0.29, 0.717) is 12.5 Å². The minimum atomic E-state index is -0.209. The Balaban J connectivity index is 2.02. The predicted octanol–water partition coefficient (Wildman–Crippen LogP) is 3.50. The number of ether oxygens (including phenoxy) is 1. The topological polar surface area (TPSA) is 21.3 Å². The fraction of sp³-hybridized carbons (Fsp3) is 0.600. The minimum absolute atomic E-state index is 0.0140. The average Bonchev–Trinajstić information content (AvgIpc) is 3.08. The molecule has 1 N–H and O–H groups in total. The van der Waals surface area contributed by atoms with Crippen molar-refractivity contribution in [2.75, 3.05) is 6.61 Å². The van der Waals surface area contributed by atoms with E-state index in [1.54, 1.807) is 12.1 Å². The Hall–Kier alpha value is -1.09. The molecule has 1 fully saturated rings. The zero-order valence-corrected chi connectivity index (χ0v) is 11.4. The average molecular weight is 251 g/mol. The lowest BCUT2D eigenvalue weighted by Crippen LogP contribution is -2.35. The molecule has 2 rings (SSSR count). The molecular formula is C15H22FNO. The van der Waals surface area contributed by atoms with E-state index in [1.165, 1.54) is 18.9 Å². The van der Waals surface area contributed by atoms with E-state index in [0.717, 1.165) is 17.9 Å². The van der Waals surface area contributed by atoms with Gasteiger partial charge in [-0.05, 0) is 57.7 Å². The standard InChI is InChI=1S/C15H22FNO/c1-15(2,3)17-9-12-8-13(16)6-7-14(12)18-10-11-4-5-11/h6-8,11,17H,4-5,9-10H2,1-3H3. The highest BCUT2D eigenvalue weighted by molar-refractivity contribution is 5.34. The molecule has 1 aliphatic carbocycles. The summed E-state index contributed by atoms with van der Waals surface area (Å²) in [5.74, 6) is 1.30. The molecule has 0 heterocycles. The molecular weight excluding hydrogens is 229 g/mol. The lowest BCUT2D eigenvalue weighted by molar-refractivity contribution is 0.294. The van der Waals surface area contributed by atoms with Gasteiger partial charge in [0, 0.05) is 17.6 Å². The molecule has 1 aliphatic rings. The second-order valence-electron chi connectivity index (χ2n) is 6.11. The van der Waals surface area contributed by atoms with Gasteiger partial charge in [-0.25, -0.2) is 4.39 Å². The molecule has 1 aromatic rings. The normalized spacial score (nSPS) is 15.8. The van der Waals surface area contributed by atoms with Gasteiger partial charge in [0.25, 0.3) is 0 Å². The summed E-state index contributed by atoms with van der Waals surface area (Å²) in [6.07, 6.45) is 2.52. The fourth-order valence-electron chi connectivity index (χ4n) is 1.68. The van der Waals surface area contributed by atoms with Crippen LogP contribution in [0.5, 0.6) is 5.75 Å². The molecule has 0 atom stereocenters. The van der Waals surface area contributed by atoms with E-state index in [-0.39, 0.29) is 11.4 Å². The molecule has 0 radical (unpaired) electrons. The molecule has 0 spiro atoms. The first-order valence-corrected chi connectivity index (χ1v) is 6.60. The molecule has 1 saturated carbocycles. The Kier molecular flexibility index (Phi) is 3.91. The third-order valence-corrected chi connectivity index (χ3v) is 3.00. The largest absolute Gasteiger partial charge is 0.493 e. The van der Waals surface area contributed by atoms with Gasteiger partial charge in [-0.2, -0.15) is 0 Å². The maximum Gasteiger partial charge on any atom is 0.123 e. The van der Waals surface area contributed by atoms with Crippen molar-refractivity contribution in [2.24, 2.45) is 5.92 Å². The van der Waals surface area contributed by atoms with Crippen molar-refractivity contribution in [3.63, 3.8) is 0 Å². The highest BCUT2D eigenvalue weighted by Gasteiger charge is 2.22. The Morgan fingerprint density at radius 2 is 2.06 bits per heavy atom. The van der Waals surface area contributed by atoms with Crippen LogP contribution in [0.25, 0.3) is 0 Å². The number of rotatable bonds is 5. The minimum Gasteiger partial charge on any atom is -0.493 e. The maximum atomic E-state index is 13.3. The Labute approximate surface area is 109 Å². The summed E-state index contributed by atoms with van der Waals surface area (Å²) in [6.45, 7) is 7.67. The van der Waals surface area contributed by atoms with Crippen molar-refractivity contribution in [2.45, 2.75) is 45.7 Å². The summed E-state index contributed by atoms with van der Waals surface area (Å²) in [4.78, 5) is 0. The van der Waals surface area contributed by atoms with Crippen LogP contribution in [0, 0.1) is 11.7 Å². The number of hydrogen-bond acceptors (Lipinski definition) is 2. The summed E-state index contributed by atoms with van der Waals surface area (Å²) in [6, 6.07) is 4.75. The van der Waals surface area contributed by atoms with Crippen LogP contribution >= 0.6 is 0 Å². The second-order valence-corrected chi connectivity index (χ2v) is 6.11. The van der Waals surface area contributed by atoms with Crippen LogP contribution in [0.1, 0.15) is 39.2 Å². The zero-order chi connectivity index (χ0) is 13.2. The van der Waals surface area contributed by atoms with Gasteiger partial charge in [-0.15, -0.1) is 0 Å². The first kappa shape index (κ1) is 13.3. The molecule has 0 aliphatic heterocycles. The maximum absolute atomic E-state index is 13.3. The lowest BCUT2D eigenvalue weighted by atomic mass is 10.1. The van der Waals surface area contributed by atoms with Gasteiger partial charge >= 0.3 is 0 Å². The number of benzene rings is 1. The van der Waals surface area contributed by atoms with Gasteiger partial charge in [-0.3, -0.25) is 0 Å². The number of hydrogen-bond donors (Lipinski definition) is 1. The predicted molar refractivity (Wildman–Crippen MR) is 71.2 cm³/mol. The Bertz CT molecular complexity index is 407. The van der Waals surface area contributed by atoms with Crippen molar-refractivity contribution < 1.29 is 9.13 Å². The van der Waals surface area contributed by atoms with Crippen molar-refractivity contribution in [1.29, 1.82) is 0 Å². The zero-order valence-electron chi connectivity index (χ0n) is 11.4. The molecule has 100 valence electrons. The lowest BCUT2D eigenvalue weighted by Gasteiger charge is -2.21. The van der Waals surface area contributed by atoms with Crippen molar-refractivity contribution in [1.82, 2.24) is 5.32 Å². The smallest absolute Gasteiger partial charge is 0.123 e. The third-order valence-electron chi connectivity index (χ3n) is 3.00. The highest BCUT2D eigenvalue weighted by Crippen LogP contribution is 2.30. The Morgan fingerprint density at radius 3 is 2.67 bits per heavy atom. The summed E-state index contributed by atoms with van der Waals surface area (Å²) >= 11 is 0. The quantitative estimate of drug-likeness (QED) is 0.864. The van der Waals surface area contributed by atoms with E-state index in [9.17, 15) is 4.39 Å². The van der Waals surface area contributed by atoms with E-state index < -0.39 is 0 Å². The highest BCUT2D eigenvalue weighted by atomic mass is 19.1. The first-order valence-electron chi connectivity index (χ1n) is 6.60. The molecule has 0 bridgehead atoms. The molecule has 0 saturated heterocycles. The Morgan fingerprint density at radius 1 is 1.33 bits per heavy atom. The molecule has 1 aromatic carbocycles. The van der Waals surface area contributed by atoms with Crippen LogP contribution in [-0.4, -0.2) is 12.1 Å². The van der Waals surface area contributed by atoms with Crippen LogP contribution in [0.3, 0.4) is 0 Å². The number of halogens is 1. The second kappa shape index (κ2) is 5.27. The van der Waals surface area contributed by atoms with Gasteiger partial charge in [0.1, 0.15) is 11.6 Å². The van der Waals surface area contributed by atoms with Gasteiger partial charge in [0.2, 0.25) is 0 Å². The van der Waals surface area contributed by atoms with Crippen LogP contribution in [0.2, 0.25) is 0 Å². The molecule has 0 aromatic heterocycles. The van der Waals surface area contributed by atoms with Crippen molar-refractivity contribution >= 4 is 0 Å². The molecule has 18 heavy (non-hydrogen) atoms. The van der Waals surface area contributed by atoms with Gasteiger partial charge in [-0.1, -0.05) is 0 Å². The van der Waals surface area contributed by atoms with Gasteiger partial charge in [0.15, 0.2) is 0 Å². The van der Waals surface area contributed by atoms with Crippen LogP contribution in [0.15, 0.2) is 18.2 Å². The monoisotopic (exact) mass is 251 g/mol. The van der Waals surface area contributed by atoms with Crippen LogP contribution < -0.4 is 10.1 Å². The van der Waals surface area contributed by atoms with Gasteiger partial charge in [0.05, 0.1) is 6.61 Å².